The topological polar surface area (TPSA) is 88.5 Å². The van der Waals surface area contributed by atoms with Gasteiger partial charge in [-0.25, -0.2) is 0 Å². The van der Waals surface area contributed by atoms with Crippen molar-refractivity contribution in [1.82, 2.24) is 0 Å². The van der Waals surface area contributed by atoms with E-state index in [1.54, 1.807) is 6.07 Å². The molecule has 82 valence electrons. The summed E-state index contributed by atoms with van der Waals surface area (Å²) in [5.74, 6) is -2.16. The van der Waals surface area contributed by atoms with Gasteiger partial charge in [0.2, 0.25) is 11.6 Å². The van der Waals surface area contributed by atoms with Crippen LogP contribution in [0.15, 0.2) is 24.3 Å². The Morgan fingerprint density at radius 1 is 1.06 bits per heavy atom. The van der Waals surface area contributed by atoms with Crippen molar-refractivity contribution in [1.29, 1.82) is 0 Å². The van der Waals surface area contributed by atoms with E-state index in [1.165, 1.54) is 18.2 Å². The molecule has 6 heteroatoms. The van der Waals surface area contributed by atoms with Crippen molar-refractivity contribution in [3.8, 4) is 0 Å². The first-order valence-corrected chi connectivity index (χ1v) is 5.72. The number of benzene rings is 1. The minimum Gasteiger partial charge on any atom is -0.286 e. The minimum absolute atomic E-state index is 0.0506. The number of fused-ring (bicyclic) bond motifs is 1. The summed E-state index contributed by atoms with van der Waals surface area (Å²) in [6.45, 7) is 0. The third kappa shape index (κ3) is 1.58. The van der Waals surface area contributed by atoms with Gasteiger partial charge in [0, 0.05) is 5.22 Å². The zero-order chi connectivity index (χ0) is 11.9. The van der Waals surface area contributed by atoms with Crippen LogP contribution in [0.25, 0.3) is 11.0 Å². The van der Waals surface area contributed by atoms with Gasteiger partial charge in [-0.05, 0) is 11.3 Å². The van der Waals surface area contributed by atoms with Gasteiger partial charge in [0.15, 0.2) is 4.91 Å². The first kappa shape index (κ1) is 10.7. The van der Waals surface area contributed by atoms with Gasteiger partial charge in [-0.1, -0.05) is 24.3 Å². The fraction of sp³-hybridized carbons (Fsp3) is 0. The molecule has 5 nitrogen and oxygen atoms in total. The summed E-state index contributed by atoms with van der Waals surface area (Å²) in [6.07, 6.45) is 1.05. The van der Waals surface area contributed by atoms with Crippen LogP contribution in [-0.2, 0) is 19.7 Å². The van der Waals surface area contributed by atoms with Crippen LogP contribution >= 0.6 is 0 Å². The summed E-state index contributed by atoms with van der Waals surface area (Å²) < 4.78 is 31.0. The monoisotopic (exact) mass is 238 g/mol. The molecule has 2 rings (SSSR count). The quantitative estimate of drug-likeness (QED) is 0.481. The van der Waals surface area contributed by atoms with E-state index < -0.39 is 26.6 Å². The van der Waals surface area contributed by atoms with Crippen LogP contribution in [0.5, 0.6) is 0 Å². The van der Waals surface area contributed by atoms with Gasteiger partial charge < -0.3 is 0 Å². The Bertz CT molecular complexity index is 712. The van der Waals surface area contributed by atoms with E-state index in [0.717, 1.165) is 6.08 Å². The molecule has 0 bridgehead atoms. The maximum absolute atomic E-state index is 11.4. The van der Waals surface area contributed by atoms with Gasteiger partial charge in [0.25, 0.3) is 10.1 Å². The highest BCUT2D eigenvalue weighted by atomic mass is 32.2. The normalized spacial score (nSPS) is 15.7. The number of Topliss-reactive ketones (excluding diaryl/α,β-unsaturated/α-hetero) is 2. The van der Waals surface area contributed by atoms with Crippen LogP contribution in [0.1, 0.15) is 0 Å². The SMILES string of the molecule is O=C1C=c2ccccc2=C(S(=O)(=O)O)C1=O. The average molecular weight is 238 g/mol. The van der Waals surface area contributed by atoms with Crippen LogP contribution in [0.4, 0.5) is 0 Å². The van der Waals surface area contributed by atoms with Crippen LogP contribution in [0.2, 0.25) is 0 Å². The molecular weight excluding hydrogens is 232 g/mol. The van der Waals surface area contributed by atoms with Gasteiger partial charge in [-0.3, -0.25) is 14.1 Å². The van der Waals surface area contributed by atoms with Crippen LogP contribution in [0, 0.1) is 0 Å². The molecule has 0 fully saturated rings. The summed E-state index contributed by atoms with van der Waals surface area (Å²) in [5, 5.41) is 0.356. The Morgan fingerprint density at radius 2 is 1.69 bits per heavy atom. The van der Waals surface area contributed by atoms with E-state index in [4.69, 9.17) is 4.55 Å². The molecule has 0 aromatic heterocycles. The highest BCUT2D eigenvalue weighted by Crippen LogP contribution is 2.07. The number of hydrogen-bond donors (Lipinski definition) is 1. The molecule has 0 unspecified atom stereocenters. The fourth-order valence-electron chi connectivity index (χ4n) is 1.53. The summed E-state index contributed by atoms with van der Waals surface area (Å²) in [5.41, 5.74) is 0. The van der Waals surface area contributed by atoms with E-state index in [2.05, 4.69) is 0 Å². The molecule has 0 saturated heterocycles. The predicted octanol–water partition coefficient (Wildman–Crippen LogP) is -1.39. The molecule has 0 aliphatic heterocycles. The van der Waals surface area contributed by atoms with E-state index in [0.29, 0.717) is 5.22 Å². The molecule has 0 spiro atoms. The molecule has 0 radical (unpaired) electrons. The van der Waals surface area contributed by atoms with E-state index in [9.17, 15) is 18.0 Å². The maximum atomic E-state index is 11.4. The van der Waals surface area contributed by atoms with E-state index in [-0.39, 0.29) is 5.22 Å². The van der Waals surface area contributed by atoms with Crippen molar-refractivity contribution >= 4 is 32.7 Å². The first-order valence-electron chi connectivity index (χ1n) is 4.28. The van der Waals surface area contributed by atoms with E-state index >= 15 is 0 Å². The molecule has 1 aliphatic carbocycles. The Hall–Kier alpha value is -1.79. The second-order valence-electron chi connectivity index (χ2n) is 3.23. The average Bonchev–Trinajstić information content (AvgIpc) is 2.17. The lowest BCUT2D eigenvalue weighted by Gasteiger charge is -2.05. The van der Waals surface area contributed by atoms with Crippen LogP contribution in [0.3, 0.4) is 0 Å². The van der Waals surface area contributed by atoms with Gasteiger partial charge in [-0.15, -0.1) is 0 Å². The fourth-order valence-corrected chi connectivity index (χ4v) is 2.33. The number of carbonyl (C=O) groups excluding carboxylic acids is 2. The highest BCUT2D eigenvalue weighted by Gasteiger charge is 2.30. The van der Waals surface area contributed by atoms with Gasteiger partial charge in [-0.2, -0.15) is 8.42 Å². The largest absolute Gasteiger partial charge is 0.299 e. The second-order valence-corrected chi connectivity index (χ2v) is 4.59. The smallest absolute Gasteiger partial charge is 0.286 e. The standard InChI is InChI=1S/C10H6O5S/c11-8-5-6-3-1-2-4-7(6)10(9(8)12)16(13,14)15/h1-5H,(H,13,14,15). The molecule has 16 heavy (non-hydrogen) atoms. The Morgan fingerprint density at radius 3 is 2.31 bits per heavy atom. The van der Waals surface area contributed by atoms with Crippen molar-refractivity contribution in [3.05, 3.63) is 34.7 Å². The molecule has 1 aliphatic rings. The van der Waals surface area contributed by atoms with E-state index in [1.807, 2.05) is 0 Å². The van der Waals surface area contributed by atoms with Crippen LogP contribution in [-0.4, -0.2) is 24.5 Å². The highest BCUT2D eigenvalue weighted by molar-refractivity contribution is 7.96. The van der Waals surface area contributed by atoms with Crippen molar-refractivity contribution in [2.75, 3.05) is 0 Å². The van der Waals surface area contributed by atoms with Crippen molar-refractivity contribution < 1.29 is 22.6 Å². The minimum atomic E-state index is -4.70. The maximum Gasteiger partial charge on any atom is 0.299 e. The predicted molar refractivity (Wildman–Crippen MR) is 55.1 cm³/mol. The molecule has 1 aromatic rings. The molecule has 1 N–H and O–H groups in total. The number of hydrogen-bond acceptors (Lipinski definition) is 4. The zero-order valence-electron chi connectivity index (χ0n) is 7.88. The molecular formula is C10H6O5S. The third-order valence-electron chi connectivity index (χ3n) is 2.18. The Labute approximate surface area is 90.5 Å². The lowest BCUT2D eigenvalue weighted by Crippen LogP contribution is -2.39. The van der Waals surface area contributed by atoms with Crippen molar-refractivity contribution in [2.24, 2.45) is 0 Å². The van der Waals surface area contributed by atoms with Crippen LogP contribution < -0.4 is 10.4 Å². The van der Waals surface area contributed by atoms with Gasteiger partial charge >= 0.3 is 0 Å². The summed E-state index contributed by atoms with van der Waals surface area (Å²) >= 11 is 0. The number of rotatable bonds is 1. The molecule has 1 aromatic carbocycles. The summed E-state index contributed by atoms with van der Waals surface area (Å²) in [6, 6.07) is 5.96. The Kier molecular flexibility index (Phi) is 2.25. The van der Waals surface area contributed by atoms with Crippen molar-refractivity contribution in [3.63, 3.8) is 0 Å². The lowest BCUT2D eigenvalue weighted by molar-refractivity contribution is -0.129. The number of ketones is 2. The molecule has 0 heterocycles. The second kappa shape index (κ2) is 3.36. The molecule has 0 saturated carbocycles. The van der Waals surface area contributed by atoms with Crippen molar-refractivity contribution in [2.45, 2.75) is 0 Å². The van der Waals surface area contributed by atoms with Gasteiger partial charge in [0.1, 0.15) is 0 Å². The number of carbonyl (C=O) groups is 2. The third-order valence-corrected chi connectivity index (χ3v) is 3.10. The zero-order valence-corrected chi connectivity index (χ0v) is 8.69. The Balaban J connectivity index is 3.08. The first-order chi connectivity index (χ1) is 7.41. The molecule has 0 atom stereocenters. The summed E-state index contributed by atoms with van der Waals surface area (Å²) in [7, 11) is -4.70. The summed E-state index contributed by atoms with van der Waals surface area (Å²) in [4.78, 5) is 21.7. The van der Waals surface area contributed by atoms with Gasteiger partial charge in [0.05, 0.1) is 0 Å². The molecule has 0 amide bonds. The lowest BCUT2D eigenvalue weighted by atomic mass is 10.1.